The molecule has 0 aromatic carbocycles. The molecule has 4 nitrogen and oxygen atoms in total. The van der Waals surface area contributed by atoms with Gasteiger partial charge >= 0.3 is 0 Å². The molecule has 0 fully saturated rings. The molecule has 0 unspecified atom stereocenters. The maximum Gasteiger partial charge on any atom is 0.144 e. The first kappa shape index (κ1) is 13.0. The van der Waals surface area contributed by atoms with E-state index >= 15 is 0 Å². The van der Waals surface area contributed by atoms with Gasteiger partial charge in [-0.05, 0) is 31.8 Å². The topological polar surface area (TPSA) is 55.0 Å². The molecule has 0 aliphatic heterocycles. The van der Waals surface area contributed by atoms with Crippen molar-refractivity contribution in [2.45, 2.75) is 19.9 Å². The van der Waals surface area contributed by atoms with Crippen LogP contribution in [0.2, 0.25) is 0 Å². The minimum Gasteiger partial charge on any atom is -0.384 e. The predicted octanol–water partition coefficient (Wildman–Crippen LogP) is 2.10. The molecule has 2 rings (SSSR count). The van der Waals surface area contributed by atoms with Crippen LogP contribution in [-0.2, 0) is 13.0 Å². The van der Waals surface area contributed by atoms with Crippen LogP contribution in [0.5, 0.6) is 0 Å². The summed E-state index contributed by atoms with van der Waals surface area (Å²) >= 11 is 1.80. The van der Waals surface area contributed by atoms with Gasteiger partial charge in [-0.3, -0.25) is 4.90 Å². The number of likely N-dealkylation sites (N-methyl/N-ethyl adjacent to an activating group) is 1. The molecular formula is C13H18N4S. The van der Waals surface area contributed by atoms with Crippen molar-refractivity contribution in [3.05, 3.63) is 40.0 Å². The molecule has 2 heterocycles. The van der Waals surface area contributed by atoms with Crippen LogP contribution >= 0.6 is 11.3 Å². The summed E-state index contributed by atoms with van der Waals surface area (Å²) in [4.78, 5) is 12.3. The Labute approximate surface area is 111 Å². The summed E-state index contributed by atoms with van der Waals surface area (Å²) in [5.74, 6) is 1.34. The smallest absolute Gasteiger partial charge is 0.144 e. The second-order valence-corrected chi connectivity index (χ2v) is 5.45. The lowest BCUT2D eigenvalue weighted by molar-refractivity contribution is 0.323. The van der Waals surface area contributed by atoms with Gasteiger partial charge < -0.3 is 5.73 Å². The average Bonchev–Trinajstić information content (AvgIpc) is 2.77. The molecule has 2 aromatic rings. The highest BCUT2D eigenvalue weighted by atomic mass is 32.1. The van der Waals surface area contributed by atoms with Crippen LogP contribution in [-0.4, -0.2) is 28.5 Å². The van der Waals surface area contributed by atoms with E-state index in [0.717, 1.165) is 31.0 Å². The highest BCUT2D eigenvalue weighted by Gasteiger charge is 2.05. The van der Waals surface area contributed by atoms with Crippen molar-refractivity contribution in [2.75, 3.05) is 19.3 Å². The summed E-state index contributed by atoms with van der Waals surface area (Å²) in [5.41, 5.74) is 6.64. The molecule has 2 aromatic heterocycles. The Morgan fingerprint density at radius 2 is 2.22 bits per heavy atom. The van der Waals surface area contributed by atoms with Crippen molar-refractivity contribution in [3.8, 4) is 0 Å². The van der Waals surface area contributed by atoms with Gasteiger partial charge in [-0.15, -0.1) is 11.3 Å². The quantitative estimate of drug-likeness (QED) is 0.896. The second-order valence-electron chi connectivity index (χ2n) is 4.42. The van der Waals surface area contributed by atoms with Crippen molar-refractivity contribution in [1.29, 1.82) is 0 Å². The Morgan fingerprint density at radius 3 is 2.89 bits per heavy atom. The highest BCUT2D eigenvalue weighted by Crippen LogP contribution is 2.10. The van der Waals surface area contributed by atoms with Crippen LogP contribution in [0.25, 0.3) is 0 Å². The van der Waals surface area contributed by atoms with Gasteiger partial charge in [0.25, 0.3) is 0 Å². The Bertz CT molecular complexity index is 475. The van der Waals surface area contributed by atoms with Crippen molar-refractivity contribution in [2.24, 2.45) is 0 Å². The molecule has 2 N–H and O–H groups in total. The lowest BCUT2D eigenvalue weighted by Gasteiger charge is -2.15. The zero-order valence-corrected chi connectivity index (χ0v) is 11.6. The maximum atomic E-state index is 5.72. The number of nitrogens with two attached hydrogens (primary N) is 1. The summed E-state index contributed by atoms with van der Waals surface area (Å²) in [7, 11) is 2.08. The van der Waals surface area contributed by atoms with Gasteiger partial charge in [0.2, 0.25) is 0 Å². The summed E-state index contributed by atoms with van der Waals surface area (Å²) in [6.45, 7) is 3.67. The van der Waals surface area contributed by atoms with Gasteiger partial charge in [-0.25, -0.2) is 9.97 Å². The van der Waals surface area contributed by atoms with Crippen molar-refractivity contribution in [1.82, 2.24) is 14.9 Å². The SMILES string of the molecule is Cc1cc(N)nc(CN(C)CCc2cccs2)n1. The zero-order valence-electron chi connectivity index (χ0n) is 10.8. The average molecular weight is 262 g/mol. The number of nitrogen functional groups attached to an aromatic ring is 1. The Kier molecular flexibility index (Phi) is 4.28. The molecule has 0 bridgehead atoms. The van der Waals surface area contributed by atoms with E-state index in [1.165, 1.54) is 4.88 Å². The molecule has 0 spiro atoms. The number of aromatic nitrogens is 2. The number of thiophene rings is 1. The number of nitrogens with zero attached hydrogens (tertiary/aromatic N) is 3. The minimum atomic E-state index is 0.546. The minimum absolute atomic E-state index is 0.546. The Hall–Kier alpha value is -1.46. The second kappa shape index (κ2) is 5.93. The van der Waals surface area contributed by atoms with Gasteiger partial charge in [-0.1, -0.05) is 6.07 Å². The third kappa shape index (κ3) is 3.78. The van der Waals surface area contributed by atoms with E-state index in [-0.39, 0.29) is 0 Å². The molecular weight excluding hydrogens is 244 g/mol. The summed E-state index contributed by atoms with van der Waals surface area (Å²) in [5, 5.41) is 2.11. The van der Waals surface area contributed by atoms with Crippen LogP contribution in [0.1, 0.15) is 16.4 Å². The molecule has 0 radical (unpaired) electrons. The van der Waals surface area contributed by atoms with Gasteiger partial charge in [-0.2, -0.15) is 0 Å². The molecule has 0 aliphatic rings. The van der Waals surface area contributed by atoms with E-state index in [9.17, 15) is 0 Å². The molecule has 0 saturated heterocycles. The fraction of sp³-hybridized carbons (Fsp3) is 0.385. The third-order valence-electron chi connectivity index (χ3n) is 2.65. The Morgan fingerprint density at radius 1 is 1.39 bits per heavy atom. The van der Waals surface area contributed by atoms with Gasteiger partial charge in [0.05, 0.1) is 6.54 Å². The molecule has 5 heteroatoms. The van der Waals surface area contributed by atoms with E-state index in [1.54, 1.807) is 17.4 Å². The summed E-state index contributed by atoms with van der Waals surface area (Å²) < 4.78 is 0. The lowest BCUT2D eigenvalue weighted by Crippen LogP contribution is -2.22. The van der Waals surface area contributed by atoms with Crippen LogP contribution < -0.4 is 5.73 Å². The van der Waals surface area contributed by atoms with Crippen molar-refractivity contribution < 1.29 is 0 Å². The molecule has 18 heavy (non-hydrogen) atoms. The van der Waals surface area contributed by atoms with Crippen molar-refractivity contribution in [3.63, 3.8) is 0 Å². The van der Waals surface area contributed by atoms with Crippen molar-refractivity contribution >= 4 is 17.2 Å². The molecule has 0 atom stereocenters. The van der Waals surface area contributed by atoms with Crippen LogP contribution in [0, 0.1) is 6.92 Å². The lowest BCUT2D eigenvalue weighted by atomic mass is 10.3. The van der Waals surface area contributed by atoms with Gasteiger partial charge in [0.1, 0.15) is 11.6 Å². The first-order chi connectivity index (χ1) is 8.63. The van der Waals surface area contributed by atoms with Gasteiger partial charge in [0, 0.05) is 23.2 Å². The normalized spacial score (nSPS) is 11.1. The summed E-state index contributed by atoms with van der Waals surface area (Å²) in [6, 6.07) is 6.04. The largest absolute Gasteiger partial charge is 0.384 e. The number of anilines is 1. The number of aryl methyl sites for hydroxylation is 1. The molecule has 0 aliphatic carbocycles. The number of hydrogen-bond donors (Lipinski definition) is 1. The van der Waals surface area contributed by atoms with E-state index < -0.39 is 0 Å². The predicted molar refractivity (Wildman–Crippen MR) is 75.5 cm³/mol. The molecule has 0 amide bonds. The zero-order chi connectivity index (χ0) is 13.0. The number of hydrogen-bond acceptors (Lipinski definition) is 5. The highest BCUT2D eigenvalue weighted by molar-refractivity contribution is 7.09. The van der Waals surface area contributed by atoms with Crippen LogP contribution in [0.4, 0.5) is 5.82 Å². The maximum absolute atomic E-state index is 5.72. The summed E-state index contributed by atoms with van der Waals surface area (Å²) in [6.07, 6.45) is 1.06. The number of rotatable bonds is 5. The Balaban J connectivity index is 1.88. The first-order valence-corrected chi connectivity index (χ1v) is 6.82. The standard InChI is InChI=1S/C13H18N4S/c1-10-8-12(14)16-13(15-10)9-17(2)6-5-11-4-3-7-18-11/h3-4,7-8H,5-6,9H2,1-2H3,(H2,14,15,16). The molecule has 0 saturated carbocycles. The van der Waals surface area contributed by atoms with E-state index in [1.807, 2.05) is 6.92 Å². The van der Waals surface area contributed by atoms with E-state index in [2.05, 4.69) is 39.4 Å². The van der Waals surface area contributed by atoms with Crippen LogP contribution in [0.15, 0.2) is 23.6 Å². The van der Waals surface area contributed by atoms with E-state index in [0.29, 0.717) is 5.82 Å². The first-order valence-electron chi connectivity index (χ1n) is 5.94. The molecule has 96 valence electrons. The fourth-order valence-corrected chi connectivity index (χ4v) is 2.50. The fourth-order valence-electron chi connectivity index (χ4n) is 1.80. The third-order valence-corrected chi connectivity index (χ3v) is 3.59. The van der Waals surface area contributed by atoms with Crippen LogP contribution in [0.3, 0.4) is 0 Å². The monoisotopic (exact) mass is 262 g/mol. The van der Waals surface area contributed by atoms with Gasteiger partial charge in [0.15, 0.2) is 0 Å². The van der Waals surface area contributed by atoms with E-state index in [4.69, 9.17) is 5.73 Å².